The second-order valence-corrected chi connectivity index (χ2v) is 10.3. The molecule has 0 saturated heterocycles. The number of aliphatic carboxylic acids is 1. The first-order valence-electron chi connectivity index (χ1n) is 13.5. The minimum atomic E-state index is -1.90. The third kappa shape index (κ3) is 6.14. The molecule has 2 heterocycles. The Labute approximate surface area is 250 Å². The van der Waals surface area contributed by atoms with Gasteiger partial charge in [0.15, 0.2) is 23.2 Å². The lowest BCUT2D eigenvalue weighted by atomic mass is 10.00. The summed E-state index contributed by atoms with van der Waals surface area (Å²) >= 11 is 0. The molecular weight excluding hydrogens is 604 g/mol. The molecule has 3 aromatic carbocycles. The number of carbonyl (C=O) groups excluding carboxylic acids is 3. The van der Waals surface area contributed by atoms with Crippen LogP contribution in [0.4, 0.5) is 17.6 Å². The molecule has 4 aromatic rings. The molecule has 15 heteroatoms. The van der Waals surface area contributed by atoms with E-state index in [0.717, 1.165) is 5.56 Å². The summed E-state index contributed by atoms with van der Waals surface area (Å²) in [5.41, 5.74) is 3.14. The van der Waals surface area contributed by atoms with E-state index < -0.39 is 77.7 Å². The zero-order chi connectivity index (χ0) is 32.6. The van der Waals surface area contributed by atoms with Crippen molar-refractivity contribution in [3.63, 3.8) is 0 Å². The molecule has 5 rings (SSSR count). The molecular formula is C30H24F4N4O7. The predicted octanol–water partition coefficient (Wildman–Crippen LogP) is 3.42. The minimum absolute atomic E-state index is 0.0366. The molecule has 2 amide bonds. The van der Waals surface area contributed by atoms with Crippen molar-refractivity contribution in [2.45, 2.75) is 38.4 Å². The molecule has 1 aliphatic rings. The molecule has 0 fully saturated rings. The van der Waals surface area contributed by atoms with Gasteiger partial charge in [0.05, 0.1) is 17.5 Å². The van der Waals surface area contributed by atoms with Crippen LogP contribution < -0.4 is 15.7 Å². The van der Waals surface area contributed by atoms with Crippen molar-refractivity contribution < 1.29 is 46.6 Å². The van der Waals surface area contributed by atoms with Gasteiger partial charge < -0.3 is 30.0 Å². The van der Waals surface area contributed by atoms with Crippen molar-refractivity contribution in [3.05, 3.63) is 87.3 Å². The van der Waals surface area contributed by atoms with Crippen LogP contribution in [-0.2, 0) is 20.9 Å². The van der Waals surface area contributed by atoms with E-state index in [4.69, 9.17) is 0 Å². The number of amides is 2. The lowest BCUT2D eigenvalue weighted by Crippen LogP contribution is -2.52. The largest absolute Gasteiger partial charge is 0.481 e. The molecule has 1 aromatic heterocycles. The summed E-state index contributed by atoms with van der Waals surface area (Å²) in [6.07, 6.45) is -0.888. The standard InChI is InChI=1S/C30H24F4N4O7/c1-2-22(28(42)35-21(10-24(40)41)23(39)12-45-27-25(33)17(31)9-18(32)26(27)34)38-11-15-4-3-13(7-16(15)29(38)43)14-5-6-19-20(8-14)37-30(44)36-19/h3-9,21-22H,2,10-12H2,1H3,(H,35,42)(H,40,41)(H2,36,37,44). The van der Waals surface area contributed by atoms with Gasteiger partial charge in [0.2, 0.25) is 17.5 Å². The van der Waals surface area contributed by atoms with Gasteiger partial charge in [0, 0.05) is 18.2 Å². The molecule has 2 unspecified atom stereocenters. The van der Waals surface area contributed by atoms with Gasteiger partial charge in [-0.25, -0.2) is 13.6 Å². The van der Waals surface area contributed by atoms with E-state index in [1.807, 2.05) is 0 Å². The van der Waals surface area contributed by atoms with Crippen LogP contribution in [0.15, 0.2) is 47.3 Å². The van der Waals surface area contributed by atoms with Crippen molar-refractivity contribution in [1.29, 1.82) is 0 Å². The van der Waals surface area contributed by atoms with Crippen molar-refractivity contribution in [1.82, 2.24) is 20.2 Å². The third-order valence-corrected chi connectivity index (χ3v) is 7.37. The first-order valence-corrected chi connectivity index (χ1v) is 13.5. The Bertz CT molecular complexity index is 1900. The lowest BCUT2D eigenvalue weighted by Gasteiger charge is -2.27. The molecule has 1 aliphatic heterocycles. The van der Waals surface area contributed by atoms with Crippen LogP contribution in [0.1, 0.15) is 35.7 Å². The molecule has 11 nitrogen and oxygen atoms in total. The van der Waals surface area contributed by atoms with Gasteiger partial charge in [-0.2, -0.15) is 8.78 Å². The fourth-order valence-corrected chi connectivity index (χ4v) is 5.12. The average molecular weight is 629 g/mol. The molecule has 45 heavy (non-hydrogen) atoms. The number of aromatic amines is 2. The summed E-state index contributed by atoms with van der Waals surface area (Å²) in [4.78, 5) is 69.2. The third-order valence-electron chi connectivity index (χ3n) is 7.37. The molecule has 0 radical (unpaired) electrons. The summed E-state index contributed by atoms with van der Waals surface area (Å²) in [5.74, 6) is -12.9. The molecule has 2 atom stereocenters. The molecule has 0 bridgehead atoms. The van der Waals surface area contributed by atoms with Gasteiger partial charge in [0.1, 0.15) is 18.7 Å². The summed E-state index contributed by atoms with van der Waals surface area (Å²) in [7, 11) is 0. The Morgan fingerprint density at radius 1 is 0.956 bits per heavy atom. The lowest BCUT2D eigenvalue weighted by molar-refractivity contribution is -0.141. The highest BCUT2D eigenvalue weighted by Crippen LogP contribution is 2.31. The number of imidazole rings is 1. The monoisotopic (exact) mass is 628 g/mol. The van der Waals surface area contributed by atoms with Crippen LogP contribution in [0.25, 0.3) is 22.2 Å². The number of nitrogens with one attached hydrogen (secondary N) is 3. The quantitative estimate of drug-likeness (QED) is 0.146. The summed E-state index contributed by atoms with van der Waals surface area (Å²) < 4.78 is 59.5. The first-order chi connectivity index (χ1) is 21.4. The number of hydrogen-bond acceptors (Lipinski definition) is 6. The topological polar surface area (TPSA) is 162 Å². The number of carbonyl (C=O) groups is 4. The number of rotatable bonds is 11. The molecule has 0 aliphatic carbocycles. The molecule has 0 spiro atoms. The van der Waals surface area contributed by atoms with Crippen LogP contribution in [0, 0.1) is 23.3 Å². The van der Waals surface area contributed by atoms with Crippen LogP contribution in [0.2, 0.25) is 0 Å². The molecule has 234 valence electrons. The van der Waals surface area contributed by atoms with Crippen molar-refractivity contribution in [2.24, 2.45) is 0 Å². The summed E-state index contributed by atoms with van der Waals surface area (Å²) in [6.45, 7) is 0.403. The Kier molecular flexibility index (Phi) is 8.44. The number of carboxylic acid groups (broad SMARTS) is 1. The van der Waals surface area contributed by atoms with E-state index in [0.29, 0.717) is 27.7 Å². The highest BCUT2D eigenvalue weighted by molar-refractivity contribution is 6.03. The fraction of sp³-hybridized carbons (Fsp3) is 0.233. The predicted molar refractivity (Wildman–Crippen MR) is 149 cm³/mol. The van der Waals surface area contributed by atoms with Crippen LogP contribution >= 0.6 is 0 Å². The number of hydrogen-bond donors (Lipinski definition) is 4. The second-order valence-electron chi connectivity index (χ2n) is 10.3. The van der Waals surface area contributed by atoms with Crippen LogP contribution in [0.5, 0.6) is 5.75 Å². The number of ketones is 1. The van der Waals surface area contributed by atoms with E-state index in [2.05, 4.69) is 20.0 Å². The van der Waals surface area contributed by atoms with E-state index in [-0.39, 0.29) is 24.7 Å². The zero-order valence-electron chi connectivity index (χ0n) is 23.4. The number of nitrogens with zero attached hydrogens (tertiary/aromatic N) is 1. The fourth-order valence-electron chi connectivity index (χ4n) is 5.12. The number of benzene rings is 3. The number of carboxylic acids is 1. The van der Waals surface area contributed by atoms with E-state index in [1.54, 1.807) is 43.3 Å². The first kappa shape index (κ1) is 31.0. The van der Waals surface area contributed by atoms with E-state index >= 15 is 0 Å². The average Bonchev–Trinajstić information content (AvgIpc) is 3.53. The van der Waals surface area contributed by atoms with Gasteiger partial charge in [-0.15, -0.1) is 0 Å². The highest BCUT2D eigenvalue weighted by atomic mass is 19.2. The van der Waals surface area contributed by atoms with Gasteiger partial charge in [-0.3, -0.25) is 19.2 Å². The van der Waals surface area contributed by atoms with Crippen molar-refractivity contribution in [3.8, 4) is 16.9 Å². The van der Waals surface area contributed by atoms with Crippen molar-refractivity contribution in [2.75, 3.05) is 6.61 Å². The maximum atomic E-state index is 13.9. The Morgan fingerprint density at radius 2 is 1.60 bits per heavy atom. The maximum absolute atomic E-state index is 13.9. The number of ether oxygens (including phenoxy) is 1. The SMILES string of the molecule is CCC(C(=O)NC(CC(=O)O)C(=O)COc1c(F)c(F)cc(F)c1F)N1Cc2ccc(-c3ccc4[nH]c(=O)[nH]c4c3)cc2C1=O. The van der Waals surface area contributed by atoms with E-state index in [9.17, 15) is 46.6 Å². The number of aromatic nitrogens is 2. The Morgan fingerprint density at radius 3 is 2.27 bits per heavy atom. The van der Waals surface area contributed by atoms with E-state index in [1.165, 1.54) is 4.90 Å². The number of fused-ring (bicyclic) bond motifs is 2. The number of halogens is 4. The molecule has 0 saturated carbocycles. The summed E-state index contributed by atoms with van der Waals surface area (Å²) in [5, 5.41) is 11.5. The van der Waals surface area contributed by atoms with Crippen molar-refractivity contribution >= 4 is 34.6 Å². The Hall–Kier alpha value is -5.47. The van der Waals surface area contributed by atoms with Gasteiger partial charge >= 0.3 is 11.7 Å². The van der Waals surface area contributed by atoms with Crippen LogP contribution in [-0.4, -0.2) is 62.2 Å². The zero-order valence-corrected chi connectivity index (χ0v) is 23.4. The van der Waals surface area contributed by atoms with Crippen LogP contribution in [0.3, 0.4) is 0 Å². The number of Topliss-reactive ketones (excluding diaryl/α,β-unsaturated/α-hetero) is 1. The number of H-pyrrole nitrogens is 2. The second kappa shape index (κ2) is 12.3. The molecule has 4 N–H and O–H groups in total. The van der Waals surface area contributed by atoms with Gasteiger partial charge in [-0.1, -0.05) is 25.1 Å². The normalized spacial score (nSPS) is 13.9. The Balaban J connectivity index is 1.31. The maximum Gasteiger partial charge on any atom is 0.323 e. The smallest absolute Gasteiger partial charge is 0.323 e. The highest BCUT2D eigenvalue weighted by Gasteiger charge is 2.37. The summed E-state index contributed by atoms with van der Waals surface area (Å²) in [6, 6.07) is 7.40. The van der Waals surface area contributed by atoms with Gasteiger partial charge in [0.25, 0.3) is 5.91 Å². The van der Waals surface area contributed by atoms with Gasteiger partial charge in [-0.05, 0) is 41.3 Å². The minimum Gasteiger partial charge on any atom is -0.481 e.